The average molecular weight is 406 g/mol. The largest absolute Gasteiger partial charge is 0.496 e. The van der Waals surface area contributed by atoms with Crippen LogP contribution in [0.5, 0.6) is 11.5 Å². The van der Waals surface area contributed by atoms with Crippen LogP contribution in [0, 0.1) is 20.8 Å². The van der Waals surface area contributed by atoms with E-state index in [1.165, 1.54) is 0 Å². The van der Waals surface area contributed by atoms with Crippen molar-refractivity contribution in [1.82, 2.24) is 4.72 Å². The Hall–Kier alpha value is -2.05. The predicted octanol–water partition coefficient (Wildman–Crippen LogP) is 4.79. The molecule has 0 aliphatic carbocycles. The van der Waals surface area contributed by atoms with Crippen LogP contribution in [0.1, 0.15) is 60.5 Å². The molecule has 1 atom stereocenters. The molecule has 0 bridgehead atoms. The molecule has 6 heteroatoms. The van der Waals surface area contributed by atoms with Crippen LogP contribution in [0.2, 0.25) is 0 Å². The van der Waals surface area contributed by atoms with E-state index in [9.17, 15) is 8.42 Å². The molecule has 0 aliphatic heterocycles. The van der Waals surface area contributed by atoms with E-state index in [1.807, 2.05) is 32.9 Å². The first-order chi connectivity index (χ1) is 13.0. The van der Waals surface area contributed by atoms with Gasteiger partial charge in [-0.3, -0.25) is 0 Å². The summed E-state index contributed by atoms with van der Waals surface area (Å²) in [4.78, 5) is 0.271. The van der Waals surface area contributed by atoms with Crippen LogP contribution >= 0.6 is 0 Å². The molecule has 2 aromatic rings. The molecule has 0 saturated heterocycles. The topological polar surface area (TPSA) is 64.6 Å². The first kappa shape index (κ1) is 22.2. The lowest BCUT2D eigenvalue weighted by Gasteiger charge is -2.22. The summed E-state index contributed by atoms with van der Waals surface area (Å²) in [6, 6.07) is 6.92. The van der Waals surface area contributed by atoms with Crippen LogP contribution in [-0.2, 0) is 10.0 Å². The Morgan fingerprint density at radius 3 is 2.00 bits per heavy atom. The van der Waals surface area contributed by atoms with Gasteiger partial charge < -0.3 is 9.47 Å². The van der Waals surface area contributed by atoms with Crippen molar-refractivity contribution in [3.63, 3.8) is 0 Å². The Morgan fingerprint density at radius 2 is 1.46 bits per heavy atom. The minimum Gasteiger partial charge on any atom is -0.496 e. The van der Waals surface area contributed by atoms with Crippen molar-refractivity contribution >= 4 is 10.0 Å². The van der Waals surface area contributed by atoms with Crippen molar-refractivity contribution < 1.29 is 17.9 Å². The highest BCUT2D eigenvalue weighted by Crippen LogP contribution is 2.33. The second-order valence-corrected chi connectivity index (χ2v) is 9.15. The highest BCUT2D eigenvalue weighted by atomic mass is 32.2. The Bertz CT molecular complexity index is 965. The summed E-state index contributed by atoms with van der Waals surface area (Å²) in [5.41, 5.74) is 4.50. The second-order valence-electron chi connectivity index (χ2n) is 7.46. The molecule has 28 heavy (non-hydrogen) atoms. The molecule has 0 unspecified atom stereocenters. The summed E-state index contributed by atoms with van der Waals surface area (Å²) < 4.78 is 39.7. The maximum absolute atomic E-state index is 13.1. The number of rotatable bonds is 7. The average Bonchev–Trinajstić information content (AvgIpc) is 2.62. The zero-order chi connectivity index (χ0) is 21.2. The summed E-state index contributed by atoms with van der Waals surface area (Å²) in [5, 5.41) is 0. The van der Waals surface area contributed by atoms with Crippen LogP contribution in [0.4, 0.5) is 0 Å². The van der Waals surface area contributed by atoms with Crippen LogP contribution in [0.25, 0.3) is 0 Å². The molecule has 2 rings (SSSR count). The van der Waals surface area contributed by atoms with E-state index in [2.05, 4.69) is 18.6 Å². The van der Waals surface area contributed by atoms with Crippen molar-refractivity contribution in [2.45, 2.75) is 58.4 Å². The van der Waals surface area contributed by atoms with Gasteiger partial charge in [-0.1, -0.05) is 13.8 Å². The minimum atomic E-state index is -3.69. The van der Waals surface area contributed by atoms with Gasteiger partial charge in [-0.05, 0) is 85.7 Å². The second kappa shape index (κ2) is 8.53. The fourth-order valence-corrected chi connectivity index (χ4v) is 4.98. The van der Waals surface area contributed by atoms with Gasteiger partial charge in [-0.25, -0.2) is 13.1 Å². The van der Waals surface area contributed by atoms with Gasteiger partial charge in [-0.2, -0.15) is 0 Å². The van der Waals surface area contributed by atoms with Crippen LogP contribution < -0.4 is 14.2 Å². The van der Waals surface area contributed by atoms with Crippen molar-refractivity contribution in [1.29, 1.82) is 0 Å². The maximum atomic E-state index is 13.1. The van der Waals surface area contributed by atoms with Crippen molar-refractivity contribution in [3.05, 3.63) is 52.1 Å². The molecule has 0 aliphatic rings. The van der Waals surface area contributed by atoms with Crippen LogP contribution in [-0.4, -0.2) is 22.6 Å². The molecular weight excluding hydrogens is 374 g/mol. The maximum Gasteiger partial charge on any atom is 0.241 e. The smallest absolute Gasteiger partial charge is 0.241 e. The zero-order valence-electron chi connectivity index (χ0n) is 18.0. The lowest BCUT2D eigenvalue weighted by Crippen LogP contribution is -2.28. The zero-order valence-corrected chi connectivity index (χ0v) is 18.8. The molecule has 0 spiro atoms. The van der Waals surface area contributed by atoms with E-state index in [0.29, 0.717) is 11.3 Å². The van der Waals surface area contributed by atoms with Gasteiger partial charge in [0.1, 0.15) is 11.5 Å². The normalized spacial score (nSPS) is 12.9. The fourth-order valence-electron chi connectivity index (χ4n) is 3.45. The van der Waals surface area contributed by atoms with Crippen LogP contribution in [0.3, 0.4) is 0 Å². The lowest BCUT2D eigenvalue weighted by molar-refractivity contribution is 0.406. The van der Waals surface area contributed by atoms with Crippen molar-refractivity contribution in [3.8, 4) is 11.5 Å². The number of methoxy groups -OCH3 is 2. The Morgan fingerprint density at radius 1 is 0.857 bits per heavy atom. The summed E-state index contributed by atoms with van der Waals surface area (Å²) in [5.74, 6) is 1.77. The highest BCUT2D eigenvalue weighted by Gasteiger charge is 2.24. The van der Waals surface area contributed by atoms with Gasteiger partial charge in [0, 0.05) is 6.04 Å². The number of ether oxygens (including phenoxy) is 2. The molecule has 0 saturated carbocycles. The van der Waals surface area contributed by atoms with E-state index in [0.717, 1.165) is 28.0 Å². The SMILES string of the molecule is COc1cc(C)c([C@@H](C)NS(=O)(=O)c2ccc(OC)c(C)c2C)cc1C(C)C. The third-order valence-corrected chi connectivity index (χ3v) is 6.92. The van der Waals surface area contributed by atoms with E-state index in [-0.39, 0.29) is 16.9 Å². The molecule has 2 aromatic carbocycles. The third kappa shape index (κ3) is 4.33. The van der Waals surface area contributed by atoms with E-state index >= 15 is 0 Å². The highest BCUT2D eigenvalue weighted by molar-refractivity contribution is 7.89. The van der Waals surface area contributed by atoms with Crippen molar-refractivity contribution in [2.24, 2.45) is 0 Å². The predicted molar refractivity (Wildman–Crippen MR) is 113 cm³/mol. The molecule has 0 aromatic heterocycles. The quantitative estimate of drug-likeness (QED) is 0.719. The van der Waals surface area contributed by atoms with Gasteiger partial charge in [0.25, 0.3) is 0 Å². The summed E-state index contributed by atoms with van der Waals surface area (Å²) in [6.45, 7) is 11.7. The monoisotopic (exact) mass is 405 g/mol. The number of benzene rings is 2. The molecule has 0 amide bonds. The van der Waals surface area contributed by atoms with Gasteiger partial charge in [0.15, 0.2) is 0 Å². The number of sulfonamides is 1. The fraction of sp³-hybridized carbons (Fsp3) is 0.455. The third-order valence-electron chi connectivity index (χ3n) is 5.24. The van der Waals surface area contributed by atoms with E-state index < -0.39 is 10.0 Å². The summed E-state index contributed by atoms with van der Waals surface area (Å²) in [6.07, 6.45) is 0. The molecule has 154 valence electrons. The Kier molecular flexibility index (Phi) is 6.78. The number of aryl methyl sites for hydroxylation is 1. The lowest BCUT2D eigenvalue weighted by atomic mass is 9.94. The van der Waals surface area contributed by atoms with Crippen LogP contribution in [0.15, 0.2) is 29.2 Å². The van der Waals surface area contributed by atoms with Gasteiger partial charge in [-0.15, -0.1) is 0 Å². The van der Waals surface area contributed by atoms with Gasteiger partial charge in [0.05, 0.1) is 19.1 Å². The molecule has 1 N–H and O–H groups in total. The first-order valence-electron chi connectivity index (χ1n) is 9.38. The molecule has 5 nitrogen and oxygen atoms in total. The minimum absolute atomic E-state index is 0.268. The number of hydrogen-bond acceptors (Lipinski definition) is 4. The van der Waals surface area contributed by atoms with Gasteiger partial charge in [0.2, 0.25) is 10.0 Å². The molecule has 0 radical (unpaired) electrons. The molecular formula is C22H31NO4S. The standard InChI is InChI=1S/C22H31NO4S/c1-13(2)18-12-19(14(3)11-21(18)27-8)17(6)23-28(24,25)22-10-9-20(26-7)15(4)16(22)5/h9-13,17,23H,1-8H3/t17-/m1/s1. The van der Waals surface area contributed by atoms with Gasteiger partial charge >= 0.3 is 0 Å². The Balaban J connectivity index is 2.43. The summed E-state index contributed by atoms with van der Waals surface area (Å²) in [7, 11) is -0.456. The van der Waals surface area contributed by atoms with E-state index in [4.69, 9.17) is 9.47 Å². The first-order valence-corrected chi connectivity index (χ1v) is 10.9. The van der Waals surface area contributed by atoms with Crippen molar-refractivity contribution in [2.75, 3.05) is 14.2 Å². The Labute approximate surface area is 169 Å². The number of nitrogens with one attached hydrogen (secondary N) is 1. The molecule has 0 fully saturated rings. The van der Waals surface area contributed by atoms with E-state index in [1.54, 1.807) is 33.3 Å². The number of hydrogen-bond donors (Lipinski definition) is 1. The molecule has 0 heterocycles. The summed E-state index contributed by atoms with van der Waals surface area (Å²) >= 11 is 0.